The van der Waals surface area contributed by atoms with Crippen LogP contribution in [0.5, 0.6) is 5.75 Å². The van der Waals surface area contributed by atoms with E-state index in [1.165, 1.54) is 30.0 Å². The van der Waals surface area contributed by atoms with Crippen molar-refractivity contribution in [2.24, 2.45) is 0 Å². The summed E-state index contributed by atoms with van der Waals surface area (Å²) in [5.74, 6) is -0.0652. The van der Waals surface area contributed by atoms with E-state index in [9.17, 15) is 14.4 Å². The lowest BCUT2D eigenvalue weighted by Gasteiger charge is -2.12. The van der Waals surface area contributed by atoms with Crippen LogP contribution >= 0.6 is 11.8 Å². The second-order valence-electron chi connectivity index (χ2n) is 5.46. The molecule has 0 saturated heterocycles. The molecule has 132 valence electrons. The zero-order valence-electron chi connectivity index (χ0n) is 14.3. The number of aromatic amines is 1. The molecular weight excluding hydrogens is 341 g/mol. The van der Waals surface area contributed by atoms with Gasteiger partial charge in [-0.05, 0) is 30.9 Å². The van der Waals surface area contributed by atoms with Gasteiger partial charge in [0.05, 0.1) is 6.61 Å². The van der Waals surface area contributed by atoms with Gasteiger partial charge < -0.3 is 9.72 Å². The predicted octanol–water partition coefficient (Wildman–Crippen LogP) is 4.13. The van der Waals surface area contributed by atoms with Gasteiger partial charge in [0.25, 0.3) is 5.56 Å². The van der Waals surface area contributed by atoms with Crippen molar-refractivity contribution in [1.29, 1.82) is 5.26 Å². The Morgan fingerprint density at radius 1 is 1.36 bits per heavy atom. The van der Waals surface area contributed by atoms with Crippen molar-refractivity contribution in [2.45, 2.75) is 37.8 Å². The summed E-state index contributed by atoms with van der Waals surface area (Å²) < 4.78 is 19.6. The molecule has 2 rings (SSSR count). The van der Waals surface area contributed by atoms with Gasteiger partial charge in [0.1, 0.15) is 28.9 Å². The monoisotopic (exact) mass is 361 g/mol. The first-order chi connectivity index (χ1) is 12.1. The Balaban J connectivity index is 2.41. The predicted molar refractivity (Wildman–Crippen MR) is 96.4 cm³/mol. The van der Waals surface area contributed by atoms with Crippen molar-refractivity contribution in [3.05, 3.63) is 39.9 Å². The molecule has 0 spiro atoms. The molecule has 1 aromatic heterocycles. The lowest BCUT2D eigenvalue weighted by Crippen LogP contribution is -2.15. The fourth-order valence-electron chi connectivity index (χ4n) is 2.37. The summed E-state index contributed by atoms with van der Waals surface area (Å²) in [5.41, 5.74) is -0.249. The minimum atomic E-state index is -0.546. The average molecular weight is 361 g/mol. The number of aromatic nitrogens is 2. The molecule has 0 aliphatic rings. The normalized spacial score (nSPS) is 10.5. The van der Waals surface area contributed by atoms with Gasteiger partial charge in [-0.1, -0.05) is 37.9 Å². The van der Waals surface area contributed by atoms with E-state index < -0.39 is 11.4 Å². The lowest BCUT2D eigenvalue weighted by molar-refractivity contribution is 0.305. The minimum absolute atomic E-state index is 0.138. The molecule has 0 amide bonds. The Morgan fingerprint density at radius 3 is 2.84 bits per heavy atom. The molecule has 0 atom stereocenters. The number of unbranched alkanes of at least 4 members (excludes halogenated alkanes) is 3. The van der Waals surface area contributed by atoms with Crippen LogP contribution in [0.1, 0.15) is 38.2 Å². The van der Waals surface area contributed by atoms with Crippen LogP contribution in [0.25, 0.3) is 11.3 Å². The van der Waals surface area contributed by atoms with E-state index in [4.69, 9.17) is 4.74 Å². The van der Waals surface area contributed by atoms with Crippen molar-refractivity contribution >= 4 is 11.8 Å². The molecule has 0 bridgehead atoms. The summed E-state index contributed by atoms with van der Waals surface area (Å²) in [4.78, 5) is 18.9. The number of ether oxygens (including phenoxy) is 1. The number of benzene rings is 1. The standard InChI is InChI=1S/C18H20FN3O2S/c1-3-4-5-6-9-24-15-8-7-12(19)10-13(15)16-14(11-20)17(23)22-18(21-16)25-2/h7-8,10H,3-6,9H2,1-2H3,(H,21,22,23). The van der Waals surface area contributed by atoms with Gasteiger partial charge in [-0.2, -0.15) is 5.26 Å². The maximum Gasteiger partial charge on any atom is 0.270 e. The zero-order valence-corrected chi connectivity index (χ0v) is 15.1. The molecule has 0 aliphatic carbocycles. The van der Waals surface area contributed by atoms with Gasteiger partial charge in [-0.15, -0.1) is 0 Å². The number of H-pyrrole nitrogens is 1. The third-order valence-corrected chi connectivity index (χ3v) is 4.24. The van der Waals surface area contributed by atoms with Crippen LogP contribution in [0.2, 0.25) is 0 Å². The Kier molecular flexibility index (Phi) is 7.02. The van der Waals surface area contributed by atoms with Gasteiger partial charge in [0, 0.05) is 5.56 Å². The molecular formula is C18H20FN3O2S. The van der Waals surface area contributed by atoms with Gasteiger partial charge in [-0.3, -0.25) is 4.79 Å². The highest BCUT2D eigenvalue weighted by Gasteiger charge is 2.18. The van der Waals surface area contributed by atoms with E-state index in [2.05, 4.69) is 16.9 Å². The third kappa shape index (κ3) is 4.83. The number of thioether (sulfide) groups is 1. The van der Waals surface area contributed by atoms with Gasteiger partial charge in [0.2, 0.25) is 0 Å². The topological polar surface area (TPSA) is 78.8 Å². The zero-order chi connectivity index (χ0) is 18.2. The SMILES string of the molecule is CCCCCCOc1ccc(F)cc1-c1nc(SC)[nH]c(=O)c1C#N. The maximum absolute atomic E-state index is 13.8. The Morgan fingerprint density at radius 2 is 2.16 bits per heavy atom. The second kappa shape index (κ2) is 9.23. The molecule has 5 nitrogen and oxygen atoms in total. The van der Waals surface area contributed by atoms with Crippen LogP contribution in [0.15, 0.2) is 28.2 Å². The molecule has 1 N–H and O–H groups in total. The number of hydrogen-bond acceptors (Lipinski definition) is 5. The Hall–Kier alpha value is -2.33. The molecule has 1 heterocycles. The van der Waals surface area contributed by atoms with Crippen LogP contribution < -0.4 is 10.3 Å². The van der Waals surface area contributed by atoms with Crippen LogP contribution in [0.4, 0.5) is 4.39 Å². The molecule has 2 aromatic rings. The highest BCUT2D eigenvalue weighted by atomic mass is 32.2. The van der Waals surface area contributed by atoms with E-state index in [-0.39, 0.29) is 11.3 Å². The highest BCUT2D eigenvalue weighted by molar-refractivity contribution is 7.98. The lowest BCUT2D eigenvalue weighted by atomic mass is 10.1. The van der Waals surface area contributed by atoms with Crippen LogP contribution in [-0.4, -0.2) is 22.8 Å². The quantitative estimate of drug-likeness (QED) is 0.434. The highest BCUT2D eigenvalue weighted by Crippen LogP contribution is 2.31. The summed E-state index contributed by atoms with van der Waals surface area (Å²) in [7, 11) is 0. The summed E-state index contributed by atoms with van der Waals surface area (Å²) >= 11 is 1.24. The number of rotatable bonds is 8. The minimum Gasteiger partial charge on any atom is -0.493 e. The van der Waals surface area contributed by atoms with E-state index in [0.29, 0.717) is 23.1 Å². The summed E-state index contributed by atoms with van der Waals surface area (Å²) in [6.45, 7) is 2.61. The van der Waals surface area contributed by atoms with E-state index in [1.54, 1.807) is 6.26 Å². The van der Waals surface area contributed by atoms with Crippen molar-refractivity contribution in [1.82, 2.24) is 9.97 Å². The first-order valence-electron chi connectivity index (χ1n) is 8.11. The van der Waals surface area contributed by atoms with Crippen molar-refractivity contribution in [3.63, 3.8) is 0 Å². The van der Waals surface area contributed by atoms with E-state index >= 15 is 0 Å². The molecule has 0 radical (unpaired) electrons. The van der Waals surface area contributed by atoms with Gasteiger partial charge >= 0.3 is 0 Å². The molecule has 0 saturated carbocycles. The molecule has 0 aliphatic heterocycles. The largest absolute Gasteiger partial charge is 0.493 e. The fourth-order valence-corrected chi connectivity index (χ4v) is 2.75. The average Bonchev–Trinajstić information content (AvgIpc) is 2.61. The van der Waals surface area contributed by atoms with Gasteiger partial charge in [0.15, 0.2) is 5.16 Å². The fraction of sp³-hybridized carbons (Fsp3) is 0.389. The Labute approximate surface area is 150 Å². The first-order valence-corrected chi connectivity index (χ1v) is 9.34. The number of nitrogens with zero attached hydrogens (tertiary/aromatic N) is 2. The number of nitrogens with one attached hydrogen (secondary N) is 1. The first kappa shape index (κ1) is 19.0. The van der Waals surface area contributed by atoms with Crippen LogP contribution in [-0.2, 0) is 0 Å². The van der Waals surface area contributed by atoms with E-state index in [0.717, 1.165) is 25.7 Å². The van der Waals surface area contributed by atoms with Crippen molar-refractivity contribution in [3.8, 4) is 23.1 Å². The molecule has 0 unspecified atom stereocenters. The number of nitriles is 1. The second-order valence-corrected chi connectivity index (χ2v) is 6.26. The molecule has 7 heteroatoms. The van der Waals surface area contributed by atoms with Crippen LogP contribution in [0, 0.1) is 17.1 Å². The van der Waals surface area contributed by atoms with Crippen molar-refractivity contribution in [2.75, 3.05) is 12.9 Å². The number of hydrogen-bond donors (Lipinski definition) is 1. The smallest absolute Gasteiger partial charge is 0.270 e. The molecule has 25 heavy (non-hydrogen) atoms. The van der Waals surface area contributed by atoms with Crippen molar-refractivity contribution < 1.29 is 9.13 Å². The summed E-state index contributed by atoms with van der Waals surface area (Å²) in [6, 6.07) is 5.89. The molecule has 0 fully saturated rings. The third-order valence-electron chi connectivity index (χ3n) is 3.66. The molecule has 1 aromatic carbocycles. The Bertz CT molecular complexity index is 830. The number of halogens is 1. The van der Waals surface area contributed by atoms with E-state index in [1.807, 2.05) is 6.07 Å². The summed E-state index contributed by atoms with van der Waals surface area (Å²) in [5, 5.41) is 9.66. The van der Waals surface area contributed by atoms with Gasteiger partial charge in [-0.25, -0.2) is 9.37 Å². The summed E-state index contributed by atoms with van der Waals surface area (Å²) in [6.07, 6.45) is 5.95. The van der Waals surface area contributed by atoms with Crippen LogP contribution in [0.3, 0.4) is 0 Å². The maximum atomic E-state index is 13.8.